The fraction of sp³-hybridized carbons (Fsp3) is 0.214. The summed E-state index contributed by atoms with van der Waals surface area (Å²) < 4.78 is 13.2. The predicted molar refractivity (Wildman–Crippen MR) is 64.2 cm³/mol. The number of aromatic nitrogens is 1. The first kappa shape index (κ1) is 11.7. The third-order valence-corrected chi connectivity index (χ3v) is 2.63. The van der Waals surface area contributed by atoms with Crippen LogP contribution in [-0.2, 0) is 0 Å². The maximum absolute atomic E-state index is 13.2. The van der Waals surface area contributed by atoms with E-state index in [2.05, 4.69) is 4.98 Å². The van der Waals surface area contributed by atoms with Gasteiger partial charge in [0.25, 0.3) is 0 Å². The molecule has 0 spiro atoms. The zero-order valence-corrected chi connectivity index (χ0v) is 9.81. The molecule has 2 rings (SSSR count). The van der Waals surface area contributed by atoms with Gasteiger partial charge in [-0.3, -0.25) is 4.98 Å². The quantitative estimate of drug-likeness (QED) is 0.862. The molecule has 0 bridgehead atoms. The summed E-state index contributed by atoms with van der Waals surface area (Å²) in [5, 5.41) is 10.1. The number of hydrogen-bond acceptors (Lipinski definition) is 2. The Morgan fingerprint density at radius 1 is 1.12 bits per heavy atom. The average molecular weight is 231 g/mol. The van der Waals surface area contributed by atoms with E-state index in [0.717, 1.165) is 11.3 Å². The Morgan fingerprint density at radius 2 is 1.88 bits per heavy atom. The lowest BCUT2D eigenvalue weighted by atomic mass is 10.0. The van der Waals surface area contributed by atoms with Crippen LogP contribution in [0.25, 0.3) is 0 Å². The highest BCUT2D eigenvalue weighted by Crippen LogP contribution is 2.23. The molecule has 0 aliphatic heterocycles. The van der Waals surface area contributed by atoms with Crippen molar-refractivity contribution in [2.24, 2.45) is 0 Å². The van der Waals surface area contributed by atoms with Crippen molar-refractivity contribution in [3.05, 3.63) is 64.7 Å². The van der Waals surface area contributed by atoms with Crippen molar-refractivity contribution >= 4 is 0 Å². The average Bonchev–Trinajstić information content (AvgIpc) is 2.28. The summed E-state index contributed by atoms with van der Waals surface area (Å²) in [5.41, 5.74) is 2.89. The predicted octanol–water partition coefficient (Wildman–Crippen LogP) is 2.92. The minimum absolute atomic E-state index is 0.334. The van der Waals surface area contributed by atoms with Crippen LogP contribution in [0.4, 0.5) is 4.39 Å². The second-order valence-electron chi connectivity index (χ2n) is 4.20. The summed E-state index contributed by atoms with van der Waals surface area (Å²) >= 11 is 0. The van der Waals surface area contributed by atoms with Gasteiger partial charge < -0.3 is 5.11 Å². The molecule has 0 radical (unpaired) electrons. The van der Waals surface area contributed by atoms with Gasteiger partial charge in [0.1, 0.15) is 11.9 Å². The van der Waals surface area contributed by atoms with Crippen LogP contribution in [0.5, 0.6) is 0 Å². The topological polar surface area (TPSA) is 33.1 Å². The van der Waals surface area contributed by atoms with Gasteiger partial charge in [-0.2, -0.15) is 0 Å². The molecular weight excluding hydrogens is 217 g/mol. The van der Waals surface area contributed by atoms with Crippen LogP contribution in [0.1, 0.15) is 28.5 Å². The zero-order valence-electron chi connectivity index (χ0n) is 9.81. The Kier molecular flexibility index (Phi) is 3.20. The van der Waals surface area contributed by atoms with E-state index in [9.17, 15) is 9.50 Å². The van der Waals surface area contributed by atoms with Crippen molar-refractivity contribution in [3.8, 4) is 0 Å². The van der Waals surface area contributed by atoms with Crippen molar-refractivity contribution in [1.82, 2.24) is 4.98 Å². The van der Waals surface area contributed by atoms with E-state index in [4.69, 9.17) is 0 Å². The highest BCUT2D eigenvalue weighted by atomic mass is 19.1. The van der Waals surface area contributed by atoms with Crippen molar-refractivity contribution in [2.75, 3.05) is 0 Å². The molecule has 1 unspecified atom stereocenters. The van der Waals surface area contributed by atoms with E-state index < -0.39 is 6.10 Å². The molecule has 17 heavy (non-hydrogen) atoms. The number of pyridine rings is 1. The molecule has 0 aliphatic rings. The maximum atomic E-state index is 13.2. The Labute approximate surface area is 99.8 Å². The van der Waals surface area contributed by atoms with Gasteiger partial charge in [-0.1, -0.05) is 12.1 Å². The monoisotopic (exact) mass is 231 g/mol. The lowest BCUT2D eigenvalue weighted by Crippen LogP contribution is -2.01. The van der Waals surface area contributed by atoms with Gasteiger partial charge >= 0.3 is 0 Å². The van der Waals surface area contributed by atoms with Crippen molar-refractivity contribution in [2.45, 2.75) is 20.0 Å². The van der Waals surface area contributed by atoms with Gasteiger partial charge in [-0.15, -0.1) is 0 Å². The van der Waals surface area contributed by atoms with E-state index in [1.165, 1.54) is 12.1 Å². The molecular formula is C14H14FNO. The molecule has 1 N–H and O–H groups in total. The SMILES string of the molecule is Cc1cc(F)cc(C(O)c2ccc(C)nc2)c1. The fourth-order valence-corrected chi connectivity index (χ4v) is 1.76. The standard InChI is InChI=1S/C14H14FNO/c1-9-5-12(7-13(15)6-9)14(17)11-4-3-10(2)16-8-11/h3-8,14,17H,1-2H3. The van der Waals surface area contributed by atoms with E-state index >= 15 is 0 Å². The fourth-order valence-electron chi connectivity index (χ4n) is 1.76. The molecule has 2 nitrogen and oxygen atoms in total. The molecule has 88 valence electrons. The molecule has 0 saturated heterocycles. The number of nitrogens with zero attached hydrogens (tertiary/aromatic N) is 1. The molecule has 1 atom stereocenters. The Hall–Kier alpha value is -1.74. The van der Waals surface area contributed by atoms with E-state index in [1.54, 1.807) is 25.3 Å². The molecule has 1 aromatic carbocycles. The highest BCUT2D eigenvalue weighted by Gasteiger charge is 2.12. The number of hydrogen-bond donors (Lipinski definition) is 1. The van der Waals surface area contributed by atoms with Crippen molar-refractivity contribution in [1.29, 1.82) is 0 Å². The zero-order chi connectivity index (χ0) is 12.4. The van der Waals surface area contributed by atoms with Gasteiger partial charge in [-0.05, 0) is 43.2 Å². The number of halogens is 1. The lowest BCUT2D eigenvalue weighted by Gasteiger charge is -2.12. The number of rotatable bonds is 2. The first-order valence-corrected chi connectivity index (χ1v) is 5.44. The highest BCUT2D eigenvalue weighted by molar-refractivity contribution is 5.32. The largest absolute Gasteiger partial charge is 0.384 e. The van der Waals surface area contributed by atoms with Crippen LogP contribution in [0, 0.1) is 19.7 Å². The molecule has 1 aromatic heterocycles. The van der Waals surface area contributed by atoms with Gasteiger partial charge in [-0.25, -0.2) is 4.39 Å². The summed E-state index contributed by atoms with van der Waals surface area (Å²) in [5.74, 6) is -0.334. The number of aliphatic hydroxyl groups excluding tert-OH is 1. The molecule has 0 saturated carbocycles. The Balaban J connectivity index is 2.36. The minimum atomic E-state index is -0.836. The molecule has 1 heterocycles. The van der Waals surface area contributed by atoms with Crippen LogP contribution in [-0.4, -0.2) is 10.1 Å². The van der Waals surface area contributed by atoms with Gasteiger partial charge in [0.2, 0.25) is 0 Å². The van der Waals surface area contributed by atoms with Gasteiger partial charge in [0.15, 0.2) is 0 Å². The molecule has 0 aliphatic carbocycles. The Bertz CT molecular complexity index is 502. The normalized spacial score (nSPS) is 12.5. The number of aryl methyl sites for hydroxylation is 2. The third-order valence-electron chi connectivity index (χ3n) is 2.63. The lowest BCUT2D eigenvalue weighted by molar-refractivity contribution is 0.219. The van der Waals surface area contributed by atoms with E-state index in [-0.39, 0.29) is 5.82 Å². The molecule has 0 fully saturated rings. The minimum Gasteiger partial charge on any atom is -0.384 e. The number of aliphatic hydroxyl groups is 1. The summed E-state index contributed by atoms with van der Waals surface area (Å²) in [4.78, 5) is 4.12. The molecule has 3 heteroatoms. The molecule has 2 aromatic rings. The summed E-state index contributed by atoms with van der Waals surface area (Å²) in [7, 11) is 0. The van der Waals surface area contributed by atoms with E-state index in [0.29, 0.717) is 11.1 Å². The molecule has 0 amide bonds. The number of benzene rings is 1. The van der Waals surface area contributed by atoms with Crippen LogP contribution < -0.4 is 0 Å². The summed E-state index contributed by atoms with van der Waals surface area (Å²) in [6, 6.07) is 8.17. The van der Waals surface area contributed by atoms with E-state index in [1.807, 2.05) is 13.0 Å². The van der Waals surface area contributed by atoms with Crippen LogP contribution in [0.3, 0.4) is 0 Å². The van der Waals surface area contributed by atoms with Gasteiger partial charge in [0, 0.05) is 17.5 Å². The summed E-state index contributed by atoms with van der Waals surface area (Å²) in [6.45, 7) is 3.68. The maximum Gasteiger partial charge on any atom is 0.123 e. The second kappa shape index (κ2) is 4.63. The second-order valence-corrected chi connectivity index (χ2v) is 4.20. The third kappa shape index (κ3) is 2.68. The van der Waals surface area contributed by atoms with Crippen LogP contribution in [0.2, 0.25) is 0 Å². The first-order chi connectivity index (χ1) is 8.06. The van der Waals surface area contributed by atoms with Crippen molar-refractivity contribution in [3.63, 3.8) is 0 Å². The van der Waals surface area contributed by atoms with Crippen LogP contribution in [0.15, 0.2) is 36.5 Å². The van der Waals surface area contributed by atoms with Crippen LogP contribution >= 0.6 is 0 Å². The summed E-state index contributed by atoms with van der Waals surface area (Å²) in [6.07, 6.45) is 0.776. The van der Waals surface area contributed by atoms with Gasteiger partial charge in [0.05, 0.1) is 0 Å². The smallest absolute Gasteiger partial charge is 0.123 e. The van der Waals surface area contributed by atoms with Crippen molar-refractivity contribution < 1.29 is 9.50 Å². The first-order valence-electron chi connectivity index (χ1n) is 5.44. The Morgan fingerprint density at radius 3 is 2.47 bits per heavy atom.